The second-order valence-corrected chi connectivity index (χ2v) is 6.46. The number of aromatic nitrogens is 5. The molecular weight excluding hydrogens is 384 g/mol. The number of halogens is 1. The summed E-state index contributed by atoms with van der Waals surface area (Å²) in [5.41, 5.74) is 2.90. The van der Waals surface area contributed by atoms with E-state index in [-0.39, 0.29) is 5.91 Å². The Kier molecular flexibility index (Phi) is 3.81. The molecule has 0 spiro atoms. The molecule has 25 heavy (non-hydrogen) atoms. The lowest BCUT2D eigenvalue weighted by Crippen LogP contribution is -2.16. The number of fused-ring (bicyclic) bond motifs is 1. The molecule has 4 rings (SSSR count). The van der Waals surface area contributed by atoms with Crippen LogP contribution in [0.5, 0.6) is 0 Å². The number of anilines is 1. The first-order valence-corrected chi connectivity index (χ1v) is 8.32. The summed E-state index contributed by atoms with van der Waals surface area (Å²) in [5, 5.41) is 17.8. The van der Waals surface area contributed by atoms with Gasteiger partial charge in [-0.05, 0) is 40.8 Å². The van der Waals surface area contributed by atoms with E-state index in [1.54, 1.807) is 0 Å². The Morgan fingerprint density at radius 1 is 1.20 bits per heavy atom. The number of tetrazole rings is 1. The summed E-state index contributed by atoms with van der Waals surface area (Å²) in [6.07, 6.45) is 0. The van der Waals surface area contributed by atoms with Gasteiger partial charge in [-0.25, -0.2) is 5.10 Å². The number of hydrogen-bond acceptors (Lipinski definition) is 4. The summed E-state index contributed by atoms with van der Waals surface area (Å²) >= 11 is 3.43. The third-order valence-corrected chi connectivity index (χ3v) is 4.51. The quantitative estimate of drug-likeness (QED) is 0.555. The van der Waals surface area contributed by atoms with Crippen molar-refractivity contribution in [3.05, 3.63) is 58.7 Å². The molecule has 8 heteroatoms. The smallest absolute Gasteiger partial charge is 0.272 e. The Morgan fingerprint density at radius 3 is 2.80 bits per heavy atom. The highest BCUT2D eigenvalue weighted by molar-refractivity contribution is 9.10. The van der Waals surface area contributed by atoms with Crippen molar-refractivity contribution in [2.24, 2.45) is 7.05 Å². The van der Waals surface area contributed by atoms with E-state index < -0.39 is 0 Å². The predicted molar refractivity (Wildman–Crippen MR) is 98.2 cm³/mol. The van der Waals surface area contributed by atoms with Crippen molar-refractivity contribution >= 4 is 38.4 Å². The average molecular weight is 397 g/mol. The van der Waals surface area contributed by atoms with Gasteiger partial charge in [0, 0.05) is 28.0 Å². The van der Waals surface area contributed by atoms with Gasteiger partial charge < -0.3 is 9.88 Å². The normalized spacial score (nSPS) is 11.0. The fourth-order valence-corrected chi connectivity index (χ4v) is 3.15. The van der Waals surface area contributed by atoms with Gasteiger partial charge in [-0.1, -0.05) is 34.1 Å². The number of hydrogen-bond donors (Lipinski definition) is 2. The second kappa shape index (κ2) is 6.14. The number of para-hydroxylation sites is 1. The van der Waals surface area contributed by atoms with Gasteiger partial charge in [-0.2, -0.15) is 0 Å². The first kappa shape index (κ1) is 15.5. The first-order valence-electron chi connectivity index (χ1n) is 7.53. The molecule has 0 fully saturated rings. The van der Waals surface area contributed by atoms with Crippen LogP contribution < -0.4 is 5.32 Å². The molecule has 124 valence electrons. The molecule has 0 aliphatic heterocycles. The molecule has 4 aromatic rings. The number of carbonyl (C=O) groups excluding carboxylic acids is 1. The van der Waals surface area contributed by atoms with Crippen LogP contribution in [0, 0.1) is 0 Å². The Balaban J connectivity index is 1.72. The van der Waals surface area contributed by atoms with E-state index >= 15 is 0 Å². The number of benzene rings is 2. The van der Waals surface area contributed by atoms with Crippen molar-refractivity contribution in [3.63, 3.8) is 0 Å². The molecule has 0 saturated carbocycles. The molecular formula is C17H13BrN6O. The van der Waals surface area contributed by atoms with Gasteiger partial charge in [0.25, 0.3) is 5.91 Å². The van der Waals surface area contributed by atoms with Crippen molar-refractivity contribution in [2.45, 2.75) is 0 Å². The van der Waals surface area contributed by atoms with Gasteiger partial charge in [0.15, 0.2) is 5.82 Å². The fraction of sp³-hybridized carbons (Fsp3) is 0.0588. The molecule has 2 aromatic carbocycles. The molecule has 0 aliphatic rings. The lowest BCUT2D eigenvalue weighted by Gasteiger charge is -2.10. The highest BCUT2D eigenvalue weighted by atomic mass is 79.9. The van der Waals surface area contributed by atoms with E-state index in [9.17, 15) is 4.79 Å². The molecule has 0 aliphatic carbocycles. The van der Waals surface area contributed by atoms with E-state index in [0.29, 0.717) is 22.8 Å². The number of aryl methyl sites for hydroxylation is 1. The maximum Gasteiger partial charge on any atom is 0.272 e. The number of aromatic amines is 1. The number of amides is 1. The largest absolute Gasteiger partial charge is 0.340 e. The SMILES string of the molecule is Cn1c(C(=O)Nc2ccc(Br)cc2-c2nnn[nH]2)cc2ccccc21. The summed E-state index contributed by atoms with van der Waals surface area (Å²) in [7, 11) is 1.88. The maximum absolute atomic E-state index is 12.8. The standard InChI is InChI=1S/C17H13BrN6O/c1-24-14-5-3-2-4-10(14)8-15(24)17(25)19-13-7-6-11(18)9-12(13)16-20-22-23-21-16/h2-9H,1H3,(H,19,25)(H,20,21,22,23). The minimum atomic E-state index is -0.199. The number of rotatable bonds is 3. The maximum atomic E-state index is 12.8. The van der Waals surface area contributed by atoms with E-state index in [0.717, 1.165) is 15.4 Å². The molecule has 0 unspecified atom stereocenters. The molecule has 2 heterocycles. The Labute approximate surface area is 151 Å². The van der Waals surface area contributed by atoms with Crippen molar-refractivity contribution in [3.8, 4) is 11.4 Å². The Hall–Kier alpha value is -3.00. The Morgan fingerprint density at radius 2 is 2.04 bits per heavy atom. The van der Waals surface area contributed by atoms with Crippen LogP contribution in [0.2, 0.25) is 0 Å². The van der Waals surface area contributed by atoms with Crippen molar-refractivity contribution in [2.75, 3.05) is 5.32 Å². The van der Waals surface area contributed by atoms with Crippen LogP contribution >= 0.6 is 15.9 Å². The number of nitrogens with one attached hydrogen (secondary N) is 2. The van der Waals surface area contributed by atoms with E-state index in [2.05, 4.69) is 41.9 Å². The van der Waals surface area contributed by atoms with Crippen molar-refractivity contribution < 1.29 is 4.79 Å². The monoisotopic (exact) mass is 396 g/mol. The number of carbonyl (C=O) groups is 1. The molecule has 2 N–H and O–H groups in total. The fourth-order valence-electron chi connectivity index (χ4n) is 2.79. The first-order chi connectivity index (χ1) is 12.1. The summed E-state index contributed by atoms with van der Waals surface area (Å²) in [6, 6.07) is 15.3. The van der Waals surface area contributed by atoms with Gasteiger partial charge in [-0.15, -0.1) is 5.10 Å². The average Bonchev–Trinajstić information content (AvgIpc) is 3.25. The van der Waals surface area contributed by atoms with Gasteiger partial charge >= 0.3 is 0 Å². The van der Waals surface area contributed by atoms with Crippen LogP contribution in [0.25, 0.3) is 22.3 Å². The van der Waals surface area contributed by atoms with Gasteiger partial charge in [-0.3, -0.25) is 4.79 Å². The summed E-state index contributed by atoms with van der Waals surface area (Å²) in [5.74, 6) is 0.281. The van der Waals surface area contributed by atoms with Crippen LogP contribution in [0.4, 0.5) is 5.69 Å². The van der Waals surface area contributed by atoms with Gasteiger partial charge in [0.1, 0.15) is 5.69 Å². The lowest BCUT2D eigenvalue weighted by atomic mass is 10.1. The number of nitrogens with zero attached hydrogens (tertiary/aromatic N) is 4. The molecule has 0 saturated heterocycles. The van der Waals surface area contributed by atoms with Crippen LogP contribution in [-0.2, 0) is 7.05 Å². The third-order valence-electron chi connectivity index (χ3n) is 4.01. The van der Waals surface area contributed by atoms with Gasteiger partial charge in [0.05, 0.1) is 5.69 Å². The molecule has 1 amide bonds. The topological polar surface area (TPSA) is 88.5 Å². The minimum Gasteiger partial charge on any atom is -0.340 e. The number of H-pyrrole nitrogens is 1. The van der Waals surface area contributed by atoms with E-state index in [1.165, 1.54) is 0 Å². The van der Waals surface area contributed by atoms with Crippen LogP contribution in [0.3, 0.4) is 0 Å². The van der Waals surface area contributed by atoms with Crippen molar-refractivity contribution in [1.82, 2.24) is 25.2 Å². The minimum absolute atomic E-state index is 0.199. The highest BCUT2D eigenvalue weighted by Crippen LogP contribution is 2.29. The predicted octanol–water partition coefficient (Wildman–Crippen LogP) is 3.37. The van der Waals surface area contributed by atoms with E-state index in [4.69, 9.17) is 0 Å². The zero-order valence-electron chi connectivity index (χ0n) is 13.2. The highest BCUT2D eigenvalue weighted by Gasteiger charge is 2.16. The zero-order chi connectivity index (χ0) is 17.4. The van der Waals surface area contributed by atoms with Crippen LogP contribution in [0.15, 0.2) is 53.0 Å². The van der Waals surface area contributed by atoms with Crippen LogP contribution in [0.1, 0.15) is 10.5 Å². The second-order valence-electron chi connectivity index (χ2n) is 5.54. The molecule has 0 bridgehead atoms. The van der Waals surface area contributed by atoms with Gasteiger partial charge in [0.2, 0.25) is 0 Å². The molecule has 7 nitrogen and oxygen atoms in total. The van der Waals surface area contributed by atoms with Crippen LogP contribution in [-0.4, -0.2) is 31.1 Å². The molecule has 2 aromatic heterocycles. The van der Waals surface area contributed by atoms with Crippen molar-refractivity contribution in [1.29, 1.82) is 0 Å². The Bertz CT molecular complexity index is 1070. The summed E-state index contributed by atoms with van der Waals surface area (Å²) in [6.45, 7) is 0. The summed E-state index contributed by atoms with van der Waals surface area (Å²) in [4.78, 5) is 12.8. The lowest BCUT2D eigenvalue weighted by molar-refractivity contribution is 0.102. The summed E-state index contributed by atoms with van der Waals surface area (Å²) < 4.78 is 2.74. The zero-order valence-corrected chi connectivity index (χ0v) is 14.8. The third kappa shape index (κ3) is 2.80. The molecule has 0 atom stereocenters. The van der Waals surface area contributed by atoms with E-state index in [1.807, 2.05) is 60.1 Å². The molecule has 0 radical (unpaired) electrons.